The number of benzene rings is 2. The van der Waals surface area contributed by atoms with Gasteiger partial charge in [0.25, 0.3) is 5.91 Å². The van der Waals surface area contributed by atoms with Crippen molar-refractivity contribution in [2.75, 3.05) is 13.4 Å². The molecule has 1 atom stereocenters. The van der Waals surface area contributed by atoms with Crippen molar-refractivity contribution in [2.24, 2.45) is 0 Å². The molecule has 2 aliphatic rings. The number of allylic oxidation sites excluding steroid dienone is 1. The molecule has 0 fully saturated rings. The first-order valence-corrected chi connectivity index (χ1v) is 11.5. The van der Waals surface area contributed by atoms with Gasteiger partial charge in [-0.05, 0) is 67.2 Å². The number of aromatic nitrogens is 1. The van der Waals surface area contributed by atoms with Crippen molar-refractivity contribution in [2.45, 2.75) is 39.2 Å². The molecule has 0 saturated carbocycles. The topological polar surface area (TPSA) is 86.8 Å². The minimum Gasteiger partial charge on any atom is -0.454 e. The van der Waals surface area contributed by atoms with E-state index in [9.17, 15) is 9.59 Å². The zero-order chi connectivity index (χ0) is 23.7. The Balaban J connectivity index is 1.48. The second-order valence-corrected chi connectivity index (χ2v) is 8.57. The van der Waals surface area contributed by atoms with Gasteiger partial charge in [0.2, 0.25) is 6.79 Å². The zero-order valence-corrected chi connectivity index (χ0v) is 19.2. The lowest BCUT2D eigenvalue weighted by molar-refractivity contribution is -0.124. The van der Waals surface area contributed by atoms with Crippen LogP contribution in [0.15, 0.2) is 42.5 Å². The predicted molar refractivity (Wildman–Crippen MR) is 129 cm³/mol. The fraction of sp³-hybridized carbons (Fsp3) is 0.296. The van der Waals surface area contributed by atoms with Crippen molar-refractivity contribution in [3.05, 3.63) is 64.8 Å². The number of carbonyl (C=O) groups excluding carboxylic acids is 2. The lowest BCUT2D eigenvalue weighted by atomic mass is 10.0. The molecule has 174 valence electrons. The minimum atomic E-state index is -0.501. The largest absolute Gasteiger partial charge is 0.454 e. The maximum absolute atomic E-state index is 13.2. The molecule has 1 aliphatic carbocycles. The summed E-state index contributed by atoms with van der Waals surface area (Å²) in [5, 5.41) is 3.56. The number of esters is 1. The van der Waals surface area contributed by atoms with Crippen LogP contribution < -0.4 is 14.8 Å². The Hall–Kier alpha value is -3.87. The Labute approximate surface area is 197 Å². The summed E-state index contributed by atoms with van der Waals surface area (Å²) in [5.41, 5.74) is 4.89. The first-order chi connectivity index (χ1) is 16.5. The Kier molecular flexibility index (Phi) is 5.92. The number of amides is 1. The molecule has 34 heavy (non-hydrogen) atoms. The number of para-hydroxylation sites is 1. The molecule has 1 aromatic heterocycles. The van der Waals surface area contributed by atoms with Crippen molar-refractivity contribution in [3.63, 3.8) is 0 Å². The minimum absolute atomic E-state index is 0.0288. The summed E-state index contributed by atoms with van der Waals surface area (Å²) >= 11 is 0. The highest BCUT2D eigenvalue weighted by Gasteiger charge is 2.28. The number of nitrogens with zero attached hydrogens (tertiary/aromatic N) is 1. The van der Waals surface area contributed by atoms with Gasteiger partial charge in [-0.1, -0.05) is 31.2 Å². The van der Waals surface area contributed by atoms with Gasteiger partial charge in [-0.15, -0.1) is 0 Å². The Morgan fingerprint density at radius 1 is 1.15 bits per heavy atom. The molecule has 7 nitrogen and oxygen atoms in total. The van der Waals surface area contributed by atoms with Gasteiger partial charge in [-0.3, -0.25) is 4.79 Å². The predicted octanol–water partition coefficient (Wildman–Crippen LogP) is 4.52. The van der Waals surface area contributed by atoms with Crippen molar-refractivity contribution >= 4 is 34.4 Å². The van der Waals surface area contributed by atoms with Crippen molar-refractivity contribution < 1.29 is 23.8 Å². The summed E-state index contributed by atoms with van der Waals surface area (Å²) in [6, 6.07) is 13.4. The van der Waals surface area contributed by atoms with E-state index in [1.165, 1.54) is 0 Å². The number of ether oxygens (including phenoxy) is 3. The molecule has 0 bridgehead atoms. The van der Waals surface area contributed by atoms with Crippen LogP contribution in [0.3, 0.4) is 0 Å². The van der Waals surface area contributed by atoms with Gasteiger partial charge in [0, 0.05) is 11.4 Å². The number of nitrogens with one attached hydrogen (secondary N) is 1. The summed E-state index contributed by atoms with van der Waals surface area (Å²) in [6.45, 7) is 3.82. The van der Waals surface area contributed by atoms with Gasteiger partial charge in [0.05, 0.1) is 16.8 Å². The molecule has 1 aliphatic heterocycles. The second kappa shape index (κ2) is 9.17. The fourth-order valence-electron chi connectivity index (χ4n) is 4.34. The van der Waals surface area contributed by atoms with E-state index < -0.39 is 5.97 Å². The highest BCUT2D eigenvalue weighted by molar-refractivity contribution is 6.07. The van der Waals surface area contributed by atoms with Gasteiger partial charge in [-0.25, -0.2) is 9.78 Å². The third-order valence-corrected chi connectivity index (χ3v) is 6.24. The van der Waals surface area contributed by atoms with Crippen molar-refractivity contribution in [1.82, 2.24) is 10.3 Å². The van der Waals surface area contributed by atoms with Crippen LogP contribution in [-0.2, 0) is 16.0 Å². The van der Waals surface area contributed by atoms with Crippen LogP contribution in [0.2, 0.25) is 0 Å². The van der Waals surface area contributed by atoms with Gasteiger partial charge >= 0.3 is 5.97 Å². The molecule has 0 radical (unpaired) electrons. The van der Waals surface area contributed by atoms with Gasteiger partial charge in [0.15, 0.2) is 18.1 Å². The number of rotatable bonds is 6. The van der Waals surface area contributed by atoms with Gasteiger partial charge < -0.3 is 19.5 Å². The third kappa shape index (κ3) is 4.21. The van der Waals surface area contributed by atoms with E-state index in [4.69, 9.17) is 19.2 Å². The van der Waals surface area contributed by atoms with E-state index in [1.54, 1.807) is 0 Å². The molecule has 7 heteroatoms. The quantitative estimate of drug-likeness (QED) is 0.547. The summed E-state index contributed by atoms with van der Waals surface area (Å²) in [4.78, 5) is 30.2. The monoisotopic (exact) mass is 458 g/mol. The van der Waals surface area contributed by atoms with Gasteiger partial charge in [0.1, 0.15) is 0 Å². The maximum Gasteiger partial charge on any atom is 0.339 e. The van der Waals surface area contributed by atoms with Crippen LogP contribution in [-0.4, -0.2) is 36.3 Å². The lowest BCUT2D eigenvalue weighted by Crippen LogP contribution is -2.35. The molecule has 0 spiro atoms. The number of hydrogen-bond donors (Lipinski definition) is 1. The number of carbonyl (C=O) groups is 2. The fourth-order valence-corrected chi connectivity index (χ4v) is 4.34. The Morgan fingerprint density at radius 2 is 1.97 bits per heavy atom. The molecule has 1 unspecified atom stereocenters. The van der Waals surface area contributed by atoms with Crippen LogP contribution in [0.25, 0.3) is 22.6 Å². The number of pyridine rings is 1. The van der Waals surface area contributed by atoms with Gasteiger partial charge in [-0.2, -0.15) is 0 Å². The highest BCUT2D eigenvalue weighted by atomic mass is 16.7. The van der Waals surface area contributed by atoms with Crippen LogP contribution >= 0.6 is 0 Å². The highest BCUT2D eigenvalue weighted by Crippen LogP contribution is 2.39. The van der Waals surface area contributed by atoms with E-state index in [0.717, 1.165) is 57.6 Å². The van der Waals surface area contributed by atoms with Crippen molar-refractivity contribution in [3.8, 4) is 11.5 Å². The molecular weight excluding hydrogens is 432 g/mol. The van der Waals surface area contributed by atoms with Crippen LogP contribution in [0, 0.1) is 0 Å². The molecule has 0 saturated heterocycles. The molecule has 1 amide bonds. The standard InChI is InChI=1S/C27H26N2O5/c1-3-16(2)28-24(30)14-32-27(31)25-19-6-4-5-7-21(19)29-26-18(9-10-20(25)26)12-17-8-11-22-23(13-17)34-15-33-22/h4-8,11-13,16H,3,9-10,14-15H2,1-2H3,(H,28,30). The van der Waals surface area contributed by atoms with E-state index >= 15 is 0 Å². The van der Waals surface area contributed by atoms with Crippen molar-refractivity contribution in [1.29, 1.82) is 0 Å². The Morgan fingerprint density at radius 3 is 2.82 bits per heavy atom. The molecule has 3 aromatic rings. The molecular formula is C27H26N2O5. The first-order valence-electron chi connectivity index (χ1n) is 11.5. The SMILES string of the molecule is CCC(C)NC(=O)COC(=O)c1c2c(nc3ccccc13)C(=Cc1ccc3c(c1)OCO3)CC2. The van der Waals surface area contributed by atoms with Crippen LogP contribution in [0.5, 0.6) is 11.5 Å². The van der Waals surface area contributed by atoms with E-state index in [0.29, 0.717) is 12.0 Å². The molecule has 1 N–H and O–H groups in total. The number of fused-ring (bicyclic) bond motifs is 3. The molecule has 2 aromatic carbocycles. The molecule has 5 rings (SSSR count). The normalized spacial score (nSPS) is 15.9. The maximum atomic E-state index is 13.2. The summed E-state index contributed by atoms with van der Waals surface area (Å²) < 4.78 is 16.3. The van der Waals surface area contributed by atoms with E-state index in [-0.39, 0.29) is 25.3 Å². The summed E-state index contributed by atoms with van der Waals surface area (Å²) in [5.74, 6) is 0.652. The van der Waals surface area contributed by atoms with Crippen LogP contribution in [0.4, 0.5) is 0 Å². The Bertz CT molecular complexity index is 1310. The zero-order valence-electron chi connectivity index (χ0n) is 19.2. The van der Waals surface area contributed by atoms with Crippen LogP contribution in [0.1, 0.15) is 53.9 Å². The summed E-state index contributed by atoms with van der Waals surface area (Å²) in [6.07, 6.45) is 4.31. The smallest absolute Gasteiger partial charge is 0.339 e. The van der Waals surface area contributed by atoms with E-state index in [1.807, 2.05) is 56.3 Å². The molecule has 2 heterocycles. The second-order valence-electron chi connectivity index (χ2n) is 8.57. The first kappa shape index (κ1) is 21.9. The lowest BCUT2D eigenvalue weighted by Gasteiger charge is -2.14. The average Bonchev–Trinajstić information content (AvgIpc) is 3.47. The number of hydrogen-bond acceptors (Lipinski definition) is 6. The summed E-state index contributed by atoms with van der Waals surface area (Å²) in [7, 11) is 0. The van der Waals surface area contributed by atoms with E-state index in [2.05, 4.69) is 11.4 Å². The average molecular weight is 459 g/mol. The third-order valence-electron chi connectivity index (χ3n) is 6.24.